The minimum atomic E-state index is -0.852. The summed E-state index contributed by atoms with van der Waals surface area (Å²) in [5.41, 5.74) is 0. The summed E-state index contributed by atoms with van der Waals surface area (Å²) in [5.74, 6) is -0.0166. The minimum absolute atomic E-state index is 0.0166. The van der Waals surface area contributed by atoms with E-state index in [9.17, 15) is 9.18 Å². The Morgan fingerprint density at radius 2 is 2.07 bits per heavy atom. The van der Waals surface area contributed by atoms with Gasteiger partial charge in [0.15, 0.2) is 0 Å². The summed E-state index contributed by atoms with van der Waals surface area (Å²) in [6, 6.07) is 0.0357. The first-order valence-corrected chi connectivity index (χ1v) is 5.43. The van der Waals surface area contributed by atoms with Gasteiger partial charge in [-0.15, -0.1) is 0 Å². The first-order chi connectivity index (χ1) is 6.75. The van der Waals surface area contributed by atoms with Crippen molar-refractivity contribution in [3.8, 4) is 0 Å². The molecule has 3 nitrogen and oxygen atoms in total. The highest BCUT2D eigenvalue weighted by Gasteiger charge is 2.30. The van der Waals surface area contributed by atoms with Crippen LogP contribution in [0.2, 0.25) is 0 Å². The molecule has 0 aromatic heterocycles. The number of alkyl halides is 1. The van der Waals surface area contributed by atoms with Gasteiger partial charge < -0.3 is 10.6 Å². The molecule has 0 unspecified atom stereocenters. The predicted molar refractivity (Wildman–Crippen MR) is 51.7 cm³/mol. The number of hydrogen-bond donors (Lipinski definition) is 2. The Morgan fingerprint density at radius 3 is 2.64 bits per heavy atom. The maximum absolute atomic E-state index is 12.8. The normalized spacial score (nSPS) is 33.5. The van der Waals surface area contributed by atoms with Gasteiger partial charge in [-0.1, -0.05) is 12.8 Å². The quantitative estimate of drug-likeness (QED) is 0.690. The molecule has 0 spiro atoms. The van der Waals surface area contributed by atoms with Crippen molar-refractivity contribution in [2.45, 2.75) is 50.4 Å². The lowest BCUT2D eigenvalue weighted by Gasteiger charge is -2.15. The van der Waals surface area contributed by atoms with E-state index in [1.54, 1.807) is 0 Å². The summed E-state index contributed by atoms with van der Waals surface area (Å²) in [6.45, 7) is 0.322. The molecule has 0 aromatic carbocycles. The number of hydrogen-bond acceptors (Lipinski definition) is 2. The summed E-state index contributed by atoms with van der Waals surface area (Å²) in [6.07, 6.45) is 4.05. The number of amides is 1. The molecule has 0 aromatic rings. The van der Waals surface area contributed by atoms with Crippen molar-refractivity contribution in [3.05, 3.63) is 0 Å². The van der Waals surface area contributed by atoms with Crippen molar-refractivity contribution >= 4 is 5.91 Å². The Labute approximate surface area is 83.4 Å². The van der Waals surface area contributed by atoms with Gasteiger partial charge in [0.25, 0.3) is 0 Å². The summed E-state index contributed by atoms with van der Waals surface area (Å²) in [7, 11) is 0. The lowest BCUT2D eigenvalue weighted by Crippen LogP contribution is -2.44. The summed E-state index contributed by atoms with van der Waals surface area (Å²) in [5, 5.41) is 5.87. The second-order valence-corrected chi connectivity index (χ2v) is 4.28. The second kappa shape index (κ2) is 4.26. The van der Waals surface area contributed by atoms with E-state index < -0.39 is 6.17 Å². The monoisotopic (exact) mass is 200 g/mol. The Bertz CT molecular complexity index is 216. The fourth-order valence-electron chi connectivity index (χ4n) is 2.26. The number of carbonyl (C=O) groups excluding carboxylic acids is 1. The topological polar surface area (TPSA) is 41.1 Å². The Kier molecular flexibility index (Phi) is 3.01. The SMILES string of the molecule is O=C(NC1CCCC1)[C@H]1C[C@H](F)CN1. The molecule has 2 aliphatic rings. The van der Waals surface area contributed by atoms with E-state index in [1.807, 2.05) is 0 Å². The van der Waals surface area contributed by atoms with Crippen LogP contribution in [0.3, 0.4) is 0 Å². The van der Waals surface area contributed by atoms with E-state index in [4.69, 9.17) is 0 Å². The van der Waals surface area contributed by atoms with Crippen LogP contribution < -0.4 is 10.6 Å². The second-order valence-electron chi connectivity index (χ2n) is 4.28. The van der Waals surface area contributed by atoms with Crippen molar-refractivity contribution in [3.63, 3.8) is 0 Å². The molecule has 1 aliphatic carbocycles. The fraction of sp³-hybridized carbons (Fsp3) is 0.900. The van der Waals surface area contributed by atoms with Crippen molar-refractivity contribution in [1.29, 1.82) is 0 Å². The van der Waals surface area contributed by atoms with Gasteiger partial charge in [-0.05, 0) is 12.8 Å². The molecule has 1 saturated heterocycles. The van der Waals surface area contributed by atoms with E-state index in [1.165, 1.54) is 12.8 Å². The van der Waals surface area contributed by atoms with E-state index in [0.29, 0.717) is 19.0 Å². The smallest absolute Gasteiger partial charge is 0.237 e. The number of nitrogens with one attached hydrogen (secondary N) is 2. The van der Waals surface area contributed by atoms with E-state index >= 15 is 0 Å². The van der Waals surface area contributed by atoms with Gasteiger partial charge in [0.2, 0.25) is 5.91 Å². The van der Waals surface area contributed by atoms with Crippen molar-refractivity contribution < 1.29 is 9.18 Å². The molecule has 1 heterocycles. The van der Waals surface area contributed by atoms with Gasteiger partial charge in [0.1, 0.15) is 6.17 Å². The molecule has 2 N–H and O–H groups in total. The number of carbonyl (C=O) groups is 1. The van der Waals surface area contributed by atoms with Crippen molar-refractivity contribution in [2.75, 3.05) is 6.54 Å². The molecule has 2 fully saturated rings. The number of halogens is 1. The largest absolute Gasteiger partial charge is 0.352 e. The summed E-state index contributed by atoms with van der Waals surface area (Å²) < 4.78 is 12.8. The third-order valence-corrected chi connectivity index (χ3v) is 3.10. The first kappa shape index (κ1) is 9.90. The van der Waals surface area contributed by atoms with Crippen LogP contribution >= 0.6 is 0 Å². The molecule has 4 heteroatoms. The molecule has 0 radical (unpaired) electrons. The molecule has 1 amide bonds. The van der Waals surface area contributed by atoms with Gasteiger partial charge in [-0.25, -0.2) is 4.39 Å². The van der Waals surface area contributed by atoms with Gasteiger partial charge >= 0.3 is 0 Å². The Balaban J connectivity index is 1.77. The summed E-state index contributed by atoms with van der Waals surface area (Å²) in [4.78, 5) is 11.6. The zero-order valence-electron chi connectivity index (χ0n) is 8.26. The lowest BCUT2D eigenvalue weighted by molar-refractivity contribution is -0.123. The average molecular weight is 200 g/mol. The molecule has 1 aliphatic heterocycles. The first-order valence-electron chi connectivity index (χ1n) is 5.43. The van der Waals surface area contributed by atoms with Crippen LogP contribution in [0.4, 0.5) is 4.39 Å². The molecule has 0 bridgehead atoms. The maximum atomic E-state index is 12.8. The van der Waals surface area contributed by atoms with Crippen LogP contribution in [0.5, 0.6) is 0 Å². The van der Waals surface area contributed by atoms with Crippen molar-refractivity contribution in [1.82, 2.24) is 10.6 Å². The molecule has 2 atom stereocenters. The zero-order valence-corrected chi connectivity index (χ0v) is 8.26. The zero-order chi connectivity index (χ0) is 9.97. The third-order valence-electron chi connectivity index (χ3n) is 3.10. The standard InChI is InChI=1S/C10H17FN2O/c11-7-5-9(12-6-7)10(14)13-8-3-1-2-4-8/h7-9,12H,1-6H2,(H,13,14)/t7-,9+/m0/s1. The highest BCUT2D eigenvalue weighted by Crippen LogP contribution is 2.18. The van der Waals surface area contributed by atoms with Crippen LogP contribution in [0.15, 0.2) is 0 Å². The van der Waals surface area contributed by atoms with Crippen LogP contribution in [-0.4, -0.2) is 30.7 Å². The molecule has 1 saturated carbocycles. The van der Waals surface area contributed by atoms with E-state index in [2.05, 4.69) is 10.6 Å². The lowest BCUT2D eigenvalue weighted by atomic mass is 10.2. The van der Waals surface area contributed by atoms with Gasteiger partial charge in [0, 0.05) is 19.0 Å². The fourth-order valence-corrected chi connectivity index (χ4v) is 2.26. The Morgan fingerprint density at radius 1 is 1.36 bits per heavy atom. The van der Waals surface area contributed by atoms with Crippen LogP contribution in [0, 0.1) is 0 Å². The van der Waals surface area contributed by atoms with E-state index in [-0.39, 0.29) is 11.9 Å². The van der Waals surface area contributed by atoms with Crippen LogP contribution in [0.25, 0.3) is 0 Å². The summed E-state index contributed by atoms with van der Waals surface area (Å²) >= 11 is 0. The minimum Gasteiger partial charge on any atom is -0.352 e. The molecule has 80 valence electrons. The highest BCUT2D eigenvalue weighted by atomic mass is 19.1. The maximum Gasteiger partial charge on any atom is 0.237 e. The molecular formula is C10H17FN2O. The third kappa shape index (κ3) is 2.23. The van der Waals surface area contributed by atoms with Gasteiger partial charge in [0.05, 0.1) is 6.04 Å². The predicted octanol–water partition coefficient (Wildman–Crippen LogP) is 0.745. The molecule has 14 heavy (non-hydrogen) atoms. The van der Waals surface area contributed by atoms with Crippen LogP contribution in [0.1, 0.15) is 32.1 Å². The average Bonchev–Trinajstić information content (AvgIpc) is 2.75. The van der Waals surface area contributed by atoms with E-state index in [0.717, 1.165) is 12.8 Å². The van der Waals surface area contributed by atoms with Crippen molar-refractivity contribution in [2.24, 2.45) is 0 Å². The van der Waals surface area contributed by atoms with Crippen LogP contribution in [-0.2, 0) is 4.79 Å². The molecule has 2 rings (SSSR count). The Hall–Kier alpha value is -0.640. The van der Waals surface area contributed by atoms with Gasteiger partial charge in [-0.2, -0.15) is 0 Å². The molecular weight excluding hydrogens is 183 g/mol. The van der Waals surface area contributed by atoms with Gasteiger partial charge in [-0.3, -0.25) is 4.79 Å². The number of rotatable bonds is 2. The highest BCUT2D eigenvalue weighted by molar-refractivity contribution is 5.82.